The lowest BCUT2D eigenvalue weighted by Crippen LogP contribution is -2.30. The Morgan fingerprint density at radius 3 is 2.53 bits per heavy atom. The zero-order valence-electron chi connectivity index (χ0n) is 19.1. The number of hydrogen-bond donors (Lipinski definition) is 1. The van der Waals surface area contributed by atoms with Gasteiger partial charge < -0.3 is 9.84 Å². The van der Waals surface area contributed by atoms with Crippen LogP contribution in [0.4, 0.5) is 10.1 Å². The van der Waals surface area contributed by atoms with Gasteiger partial charge in [-0.25, -0.2) is 4.39 Å². The quantitative estimate of drug-likeness (QED) is 0.325. The Labute approximate surface area is 197 Å². The minimum atomic E-state index is -1.10. The van der Waals surface area contributed by atoms with E-state index < -0.39 is 23.5 Å². The molecule has 2 unspecified atom stereocenters. The number of aliphatic hydroxyl groups excluding tert-OH is 1. The van der Waals surface area contributed by atoms with Crippen LogP contribution in [0.5, 0.6) is 5.75 Å². The molecule has 1 N–H and O–H groups in total. The van der Waals surface area contributed by atoms with Gasteiger partial charge in [0.15, 0.2) is 0 Å². The Bertz CT molecular complexity index is 1380. The second kappa shape index (κ2) is 8.13. The maximum absolute atomic E-state index is 15.0. The number of Topliss-reactive ketones (excluding diaryl/α,β-unsaturated/α-hetero) is 1. The van der Waals surface area contributed by atoms with Crippen LogP contribution < -0.4 is 9.64 Å². The van der Waals surface area contributed by atoms with Crippen LogP contribution in [-0.2, 0) is 16.0 Å². The lowest BCUT2D eigenvalue weighted by molar-refractivity contribution is -0.132. The van der Waals surface area contributed by atoms with Crippen LogP contribution in [-0.4, -0.2) is 22.9 Å². The van der Waals surface area contributed by atoms with Gasteiger partial charge in [-0.2, -0.15) is 0 Å². The summed E-state index contributed by atoms with van der Waals surface area (Å²) in [4.78, 5) is 27.8. The fourth-order valence-corrected chi connectivity index (χ4v) is 4.69. The van der Waals surface area contributed by atoms with Crippen molar-refractivity contribution in [1.29, 1.82) is 0 Å². The normalized spacial score (nSPS) is 21.0. The molecule has 0 bridgehead atoms. The monoisotopic (exact) mass is 457 g/mol. The van der Waals surface area contributed by atoms with Crippen molar-refractivity contribution in [3.63, 3.8) is 0 Å². The van der Waals surface area contributed by atoms with E-state index in [1.807, 2.05) is 26.8 Å². The molecule has 5 rings (SSSR count). The minimum Gasteiger partial charge on any atom is -0.507 e. The Balaban J connectivity index is 1.71. The Morgan fingerprint density at radius 1 is 1.03 bits per heavy atom. The van der Waals surface area contributed by atoms with Crippen LogP contribution in [0.1, 0.15) is 40.8 Å². The van der Waals surface area contributed by atoms with E-state index in [0.717, 1.165) is 22.4 Å². The van der Waals surface area contributed by atoms with E-state index in [1.165, 1.54) is 17.0 Å². The summed E-state index contributed by atoms with van der Waals surface area (Å²) >= 11 is 0. The molecular formula is C28H24FNO4. The summed E-state index contributed by atoms with van der Waals surface area (Å²) in [7, 11) is 0. The lowest BCUT2D eigenvalue weighted by atomic mass is 9.94. The van der Waals surface area contributed by atoms with E-state index in [-0.39, 0.29) is 23.0 Å². The molecule has 1 amide bonds. The van der Waals surface area contributed by atoms with E-state index in [9.17, 15) is 14.7 Å². The molecule has 1 fully saturated rings. The van der Waals surface area contributed by atoms with Gasteiger partial charge in [-0.15, -0.1) is 0 Å². The van der Waals surface area contributed by atoms with E-state index >= 15 is 4.39 Å². The number of carbonyl (C=O) groups excluding carboxylic acids is 2. The van der Waals surface area contributed by atoms with Crippen LogP contribution in [0.3, 0.4) is 0 Å². The molecule has 2 aliphatic rings. The van der Waals surface area contributed by atoms with Gasteiger partial charge in [-0.1, -0.05) is 24.3 Å². The number of benzene rings is 3. The molecule has 0 radical (unpaired) electrons. The highest BCUT2D eigenvalue weighted by molar-refractivity contribution is 6.51. The first-order valence-corrected chi connectivity index (χ1v) is 11.2. The topological polar surface area (TPSA) is 66.8 Å². The second-order valence-electron chi connectivity index (χ2n) is 8.91. The number of ketones is 1. The molecular weight excluding hydrogens is 433 g/mol. The van der Waals surface area contributed by atoms with Crippen molar-refractivity contribution in [3.8, 4) is 5.75 Å². The molecule has 0 saturated carbocycles. The molecule has 3 aromatic rings. The highest BCUT2D eigenvalue weighted by Crippen LogP contribution is 2.43. The Hall–Kier alpha value is -3.93. The SMILES string of the molecule is Cc1ccc(N2C(=O)C(=O)/C(=C(/O)c3ccc4c(c3)CC(C)O4)C2c2ccccc2F)cc1C. The van der Waals surface area contributed by atoms with E-state index in [4.69, 9.17) is 4.74 Å². The summed E-state index contributed by atoms with van der Waals surface area (Å²) in [5.74, 6) is -1.83. The van der Waals surface area contributed by atoms with Crippen molar-refractivity contribution >= 4 is 23.1 Å². The number of aryl methyl sites for hydroxylation is 2. The summed E-state index contributed by atoms with van der Waals surface area (Å²) in [5, 5.41) is 11.3. The molecule has 172 valence electrons. The van der Waals surface area contributed by atoms with Crippen LogP contribution in [0.2, 0.25) is 0 Å². The highest BCUT2D eigenvalue weighted by atomic mass is 19.1. The second-order valence-corrected chi connectivity index (χ2v) is 8.91. The number of nitrogens with zero attached hydrogens (tertiary/aromatic N) is 1. The molecule has 0 aromatic heterocycles. The molecule has 6 heteroatoms. The zero-order valence-corrected chi connectivity index (χ0v) is 19.1. The first-order valence-electron chi connectivity index (χ1n) is 11.2. The minimum absolute atomic E-state index is 0.0150. The van der Waals surface area contributed by atoms with Gasteiger partial charge in [0.1, 0.15) is 23.4 Å². The van der Waals surface area contributed by atoms with Gasteiger partial charge in [-0.05, 0) is 73.9 Å². The molecule has 2 atom stereocenters. The summed E-state index contributed by atoms with van der Waals surface area (Å²) in [6.07, 6.45) is 0.686. The van der Waals surface area contributed by atoms with Gasteiger partial charge >= 0.3 is 0 Å². The van der Waals surface area contributed by atoms with Crippen molar-refractivity contribution in [2.24, 2.45) is 0 Å². The largest absolute Gasteiger partial charge is 0.507 e. The molecule has 1 saturated heterocycles. The fourth-order valence-electron chi connectivity index (χ4n) is 4.69. The first kappa shape index (κ1) is 21.9. The first-order chi connectivity index (χ1) is 16.3. The summed E-state index contributed by atoms with van der Waals surface area (Å²) in [6, 6.07) is 15.4. The number of carbonyl (C=O) groups is 2. The Kier molecular flexibility index (Phi) is 5.24. The molecule has 3 aromatic carbocycles. The fraction of sp³-hybridized carbons (Fsp3) is 0.214. The van der Waals surface area contributed by atoms with Crippen molar-refractivity contribution in [1.82, 2.24) is 0 Å². The van der Waals surface area contributed by atoms with Gasteiger partial charge in [-0.3, -0.25) is 14.5 Å². The van der Waals surface area contributed by atoms with Gasteiger partial charge in [0.2, 0.25) is 0 Å². The lowest BCUT2D eigenvalue weighted by Gasteiger charge is -2.26. The number of halogens is 1. The van der Waals surface area contributed by atoms with Gasteiger partial charge in [0.05, 0.1) is 11.6 Å². The summed E-state index contributed by atoms with van der Waals surface area (Å²) in [6.45, 7) is 5.80. The van der Waals surface area contributed by atoms with Crippen LogP contribution in [0, 0.1) is 19.7 Å². The third-order valence-corrected chi connectivity index (χ3v) is 6.58. The number of aliphatic hydroxyl groups is 1. The summed E-state index contributed by atoms with van der Waals surface area (Å²) < 4.78 is 20.8. The van der Waals surface area contributed by atoms with E-state index in [0.29, 0.717) is 17.7 Å². The van der Waals surface area contributed by atoms with Crippen LogP contribution >= 0.6 is 0 Å². The standard InChI is InChI=1S/C28H24FNO4/c1-15-8-10-20(12-16(15)2)30-25(21-6-4-5-7-22(21)29)24(27(32)28(30)33)26(31)18-9-11-23-19(14-18)13-17(3)34-23/h4-12,14,17,25,31H,13H2,1-3H3/b26-24+. The van der Waals surface area contributed by atoms with Crippen molar-refractivity contribution in [2.45, 2.75) is 39.3 Å². The number of ether oxygens (including phenoxy) is 1. The number of rotatable bonds is 3. The highest BCUT2D eigenvalue weighted by Gasteiger charge is 2.48. The van der Waals surface area contributed by atoms with Crippen LogP contribution in [0.15, 0.2) is 66.2 Å². The van der Waals surface area contributed by atoms with Crippen LogP contribution in [0.25, 0.3) is 5.76 Å². The molecule has 2 heterocycles. The number of hydrogen-bond acceptors (Lipinski definition) is 4. The number of anilines is 1. The molecule has 2 aliphatic heterocycles. The molecule has 5 nitrogen and oxygen atoms in total. The third kappa shape index (κ3) is 3.46. The predicted octanol–water partition coefficient (Wildman–Crippen LogP) is 5.39. The molecule has 0 aliphatic carbocycles. The van der Waals surface area contributed by atoms with E-state index in [2.05, 4.69) is 0 Å². The van der Waals surface area contributed by atoms with Crippen molar-refractivity contribution < 1.29 is 23.8 Å². The van der Waals surface area contributed by atoms with Crippen molar-refractivity contribution in [2.75, 3.05) is 4.90 Å². The summed E-state index contributed by atoms with van der Waals surface area (Å²) in [5.41, 5.74) is 3.71. The average molecular weight is 458 g/mol. The smallest absolute Gasteiger partial charge is 0.300 e. The molecule has 0 spiro atoms. The third-order valence-electron chi connectivity index (χ3n) is 6.58. The number of fused-ring (bicyclic) bond motifs is 1. The van der Waals surface area contributed by atoms with E-state index in [1.54, 1.807) is 42.5 Å². The molecule has 34 heavy (non-hydrogen) atoms. The zero-order chi connectivity index (χ0) is 24.1. The number of amides is 1. The maximum Gasteiger partial charge on any atom is 0.300 e. The average Bonchev–Trinajstić information content (AvgIpc) is 3.31. The van der Waals surface area contributed by atoms with Gasteiger partial charge in [0.25, 0.3) is 11.7 Å². The van der Waals surface area contributed by atoms with Gasteiger partial charge in [0, 0.05) is 23.2 Å². The predicted molar refractivity (Wildman–Crippen MR) is 127 cm³/mol. The van der Waals surface area contributed by atoms with Crippen molar-refractivity contribution in [3.05, 3.63) is 99.9 Å². The maximum atomic E-state index is 15.0. The Morgan fingerprint density at radius 2 is 1.79 bits per heavy atom.